The number of aryl methyl sites for hydroxylation is 2. The van der Waals surface area contributed by atoms with Crippen molar-refractivity contribution in [1.82, 2.24) is 4.98 Å². The maximum atomic E-state index is 12.2. The van der Waals surface area contributed by atoms with E-state index in [2.05, 4.69) is 10.3 Å². The van der Waals surface area contributed by atoms with Crippen molar-refractivity contribution in [2.24, 2.45) is 5.41 Å². The summed E-state index contributed by atoms with van der Waals surface area (Å²) in [6, 6.07) is 0. The quantitative estimate of drug-likeness (QED) is 0.874. The Balaban J connectivity index is 2.03. The van der Waals surface area contributed by atoms with Gasteiger partial charge in [0, 0.05) is 11.3 Å². The van der Waals surface area contributed by atoms with Gasteiger partial charge < -0.3 is 10.4 Å². The lowest BCUT2D eigenvalue weighted by atomic mass is 9.71. The first-order valence-corrected chi connectivity index (χ1v) is 8.28. The summed E-state index contributed by atoms with van der Waals surface area (Å²) >= 11 is 1.45. The maximum absolute atomic E-state index is 12.2. The first-order chi connectivity index (χ1) is 9.97. The summed E-state index contributed by atoms with van der Waals surface area (Å²) in [5.41, 5.74) is 0.100. The second-order valence-corrected chi connectivity index (χ2v) is 6.95. The molecule has 116 valence electrons. The van der Waals surface area contributed by atoms with E-state index in [0.717, 1.165) is 36.3 Å². The molecule has 0 atom stereocenters. The van der Waals surface area contributed by atoms with Gasteiger partial charge in [-0.25, -0.2) is 4.98 Å². The molecule has 0 unspecified atom stereocenters. The van der Waals surface area contributed by atoms with Gasteiger partial charge in [-0.2, -0.15) is 0 Å². The molecule has 5 nitrogen and oxygen atoms in total. The van der Waals surface area contributed by atoms with Crippen LogP contribution in [0.3, 0.4) is 0 Å². The molecule has 1 aliphatic rings. The molecule has 2 N–H and O–H groups in total. The number of aromatic nitrogens is 1. The number of rotatable bonds is 5. The van der Waals surface area contributed by atoms with E-state index in [1.54, 1.807) is 0 Å². The number of hydrogen-bond donors (Lipinski definition) is 2. The Morgan fingerprint density at radius 1 is 1.33 bits per heavy atom. The van der Waals surface area contributed by atoms with E-state index in [9.17, 15) is 14.7 Å². The van der Waals surface area contributed by atoms with Gasteiger partial charge in [0.15, 0.2) is 5.13 Å². The van der Waals surface area contributed by atoms with E-state index < -0.39 is 11.4 Å². The monoisotopic (exact) mass is 310 g/mol. The number of aliphatic carboxylic acids is 1. The molecule has 1 heterocycles. The van der Waals surface area contributed by atoms with Gasteiger partial charge in [-0.3, -0.25) is 9.59 Å². The topological polar surface area (TPSA) is 79.3 Å². The fourth-order valence-electron chi connectivity index (χ4n) is 2.98. The van der Waals surface area contributed by atoms with Gasteiger partial charge in [-0.05, 0) is 26.2 Å². The number of carboxylic acids is 1. The number of hydrogen-bond acceptors (Lipinski definition) is 4. The highest BCUT2D eigenvalue weighted by Crippen LogP contribution is 2.40. The van der Waals surface area contributed by atoms with Crippen molar-refractivity contribution in [3.8, 4) is 0 Å². The lowest BCUT2D eigenvalue weighted by molar-refractivity contribution is -0.153. The van der Waals surface area contributed by atoms with Crippen molar-refractivity contribution in [2.45, 2.75) is 58.8 Å². The summed E-state index contributed by atoms with van der Waals surface area (Å²) in [5, 5.41) is 12.8. The van der Waals surface area contributed by atoms with Gasteiger partial charge in [0.25, 0.3) is 0 Å². The second-order valence-electron chi connectivity index (χ2n) is 5.75. The zero-order valence-corrected chi connectivity index (χ0v) is 13.4. The van der Waals surface area contributed by atoms with Crippen molar-refractivity contribution in [3.05, 3.63) is 10.6 Å². The van der Waals surface area contributed by atoms with Crippen LogP contribution in [0.1, 0.15) is 56.0 Å². The van der Waals surface area contributed by atoms with Crippen molar-refractivity contribution >= 4 is 28.3 Å². The van der Waals surface area contributed by atoms with Crippen molar-refractivity contribution in [1.29, 1.82) is 0 Å². The molecule has 21 heavy (non-hydrogen) atoms. The molecule has 0 saturated heterocycles. The standard InChI is InChI=1S/C15H22N2O3S/c1-3-11-10(2)21-14(16-11)17-12(18)9-15(13(19)20)7-5-4-6-8-15/h3-9H2,1-2H3,(H,19,20)(H,16,17,18). The molecule has 1 aromatic rings. The van der Waals surface area contributed by atoms with Gasteiger partial charge in [-0.15, -0.1) is 11.3 Å². The summed E-state index contributed by atoms with van der Waals surface area (Å²) < 4.78 is 0. The molecule has 2 rings (SSSR count). The Bertz CT molecular complexity index is 533. The molecule has 1 amide bonds. The predicted octanol–water partition coefficient (Wildman–Crippen LogP) is 3.38. The predicted molar refractivity (Wildman–Crippen MR) is 82.6 cm³/mol. The smallest absolute Gasteiger partial charge is 0.310 e. The van der Waals surface area contributed by atoms with Crippen LogP contribution < -0.4 is 5.32 Å². The minimum absolute atomic E-state index is 0.0441. The SMILES string of the molecule is CCc1nc(NC(=O)CC2(C(=O)O)CCCCC2)sc1C. The van der Waals surface area contributed by atoms with Gasteiger partial charge >= 0.3 is 5.97 Å². The van der Waals surface area contributed by atoms with Crippen molar-refractivity contribution in [3.63, 3.8) is 0 Å². The van der Waals surface area contributed by atoms with Gasteiger partial charge in [0.1, 0.15) is 0 Å². The lowest BCUT2D eigenvalue weighted by Crippen LogP contribution is -2.37. The minimum atomic E-state index is -0.887. The number of nitrogens with zero attached hydrogens (tertiary/aromatic N) is 1. The highest BCUT2D eigenvalue weighted by molar-refractivity contribution is 7.15. The molecule has 0 spiro atoms. The van der Waals surface area contributed by atoms with Crippen LogP contribution in [-0.2, 0) is 16.0 Å². The third-order valence-corrected chi connectivity index (χ3v) is 5.17. The van der Waals surface area contributed by atoms with Crippen molar-refractivity contribution in [2.75, 3.05) is 5.32 Å². The number of amides is 1. The molecule has 1 aromatic heterocycles. The van der Waals surface area contributed by atoms with E-state index in [4.69, 9.17) is 0 Å². The Hall–Kier alpha value is -1.43. The summed E-state index contributed by atoms with van der Waals surface area (Å²) in [6.07, 6.45) is 4.88. The van der Waals surface area contributed by atoms with Crippen LogP contribution in [0, 0.1) is 12.3 Å². The van der Waals surface area contributed by atoms with Crippen LogP contribution >= 0.6 is 11.3 Å². The Morgan fingerprint density at radius 2 is 2.00 bits per heavy atom. The maximum Gasteiger partial charge on any atom is 0.310 e. The average molecular weight is 310 g/mol. The van der Waals surface area contributed by atoms with Crippen LogP contribution in [0.5, 0.6) is 0 Å². The average Bonchev–Trinajstić information content (AvgIpc) is 2.79. The molecular weight excluding hydrogens is 288 g/mol. The first-order valence-electron chi connectivity index (χ1n) is 7.46. The van der Waals surface area contributed by atoms with Crippen LogP contribution in [0.15, 0.2) is 0 Å². The molecule has 1 aliphatic carbocycles. The van der Waals surface area contributed by atoms with Crippen LogP contribution in [0.2, 0.25) is 0 Å². The number of carbonyl (C=O) groups excluding carboxylic acids is 1. The lowest BCUT2D eigenvalue weighted by Gasteiger charge is -2.32. The largest absolute Gasteiger partial charge is 0.481 e. The highest BCUT2D eigenvalue weighted by Gasteiger charge is 2.41. The molecule has 6 heteroatoms. The summed E-state index contributed by atoms with van der Waals surface area (Å²) in [6.45, 7) is 4.00. The number of nitrogens with one attached hydrogen (secondary N) is 1. The van der Waals surface area contributed by atoms with Gasteiger partial charge in [-0.1, -0.05) is 26.2 Å². The number of thiazole rings is 1. The Morgan fingerprint density at radius 3 is 2.52 bits per heavy atom. The number of carbonyl (C=O) groups is 2. The molecular formula is C15H22N2O3S. The van der Waals surface area contributed by atoms with Crippen LogP contribution in [-0.4, -0.2) is 22.0 Å². The normalized spacial score (nSPS) is 17.4. The molecule has 0 radical (unpaired) electrons. The van der Waals surface area contributed by atoms with Gasteiger partial charge in [0.2, 0.25) is 5.91 Å². The highest BCUT2D eigenvalue weighted by atomic mass is 32.1. The fourth-order valence-corrected chi connectivity index (χ4v) is 3.89. The third kappa shape index (κ3) is 3.61. The van der Waals surface area contributed by atoms with Crippen LogP contribution in [0.4, 0.5) is 5.13 Å². The fraction of sp³-hybridized carbons (Fsp3) is 0.667. The number of anilines is 1. The minimum Gasteiger partial charge on any atom is -0.481 e. The summed E-state index contributed by atoms with van der Waals surface area (Å²) in [4.78, 5) is 29.2. The molecule has 1 fully saturated rings. The van der Waals surface area contributed by atoms with E-state index in [1.807, 2.05) is 13.8 Å². The summed E-state index contributed by atoms with van der Waals surface area (Å²) in [7, 11) is 0. The van der Waals surface area contributed by atoms with Crippen molar-refractivity contribution < 1.29 is 14.7 Å². The van der Waals surface area contributed by atoms with Crippen LogP contribution in [0.25, 0.3) is 0 Å². The van der Waals surface area contributed by atoms with Gasteiger partial charge in [0.05, 0.1) is 11.1 Å². The third-order valence-electron chi connectivity index (χ3n) is 4.24. The molecule has 0 aromatic carbocycles. The first kappa shape index (κ1) is 15.9. The molecule has 1 saturated carbocycles. The zero-order chi connectivity index (χ0) is 15.5. The van der Waals surface area contributed by atoms with E-state index in [-0.39, 0.29) is 12.3 Å². The summed E-state index contributed by atoms with van der Waals surface area (Å²) in [5.74, 6) is -1.09. The Kier molecular flexibility index (Phi) is 4.98. The van der Waals surface area contributed by atoms with E-state index in [1.165, 1.54) is 11.3 Å². The zero-order valence-electron chi connectivity index (χ0n) is 12.6. The molecule has 0 bridgehead atoms. The second kappa shape index (κ2) is 6.56. The van der Waals surface area contributed by atoms with E-state index >= 15 is 0 Å². The number of carboxylic acid groups (broad SMARTS) is 1. The van der Waals surface area contributed by atoms with E-state index in [0.29, 0.717) is 18.0 Å². The molecule has 0 aliphatic heterocycles. The Labute approximate surface area is 128 Å².